The summed E-state index contributed by atoms with van der Waals surface area (Å²) in [6.45, 7) is -0.974. The third-order valence-corrected chi connectivity index (χ3v) is 4.41. The van der Waals surface area contributed by atoms with Gasteiger partial charge in [0.1, 0.15) is 6.04 Å². The van der Waals surface area contributed by atoms with E-state index in [2.05, 4.69) is 21.3 Å². The molecule has 0 spiro atoms. The summed E-state index contributed by atoms with van der Waals surface area (Å²) in [6, 6.07) is 14.7. The SMILES string of the molecule is NCC(=O)NCC(=O)NC(Cc1ccccc1)C(=O)NCC(=O)Nc1ccc(CO)cc1. The summed E-state index contributed by atoms with van der Waals surface area (Å²) >= 11 is 0. The second-order valence-corrected chi connectivity index (χ2v) is 6.91. The fourth-order valence-corrected chi connectivity index (χ4v) is 2.74. The van der Waals surface area contributed by atoms with Crippen molar-refractivity contribution in [3.63, 3.8) is 0 Å². The third kappa shape index (κ3) is 8.54. The molecule has 10 nitrogen and oxygen atoms in total. The van der Waals surface area contributed by atoms with Crippen molar-refractivity contribution >= 4 is 29.3 Å². The highest BCUT2D eigenvalue weighted by Crippen LogP contribution is 2.09. The van der Waals surface area contributed by atoms with Gasteiger partial charge in [-0.25, -0.2) is 0 Å². The van der Waals surface area contributed by atoms with Gasteiger partial charge in [0.05, 0.1) is 26.2 Å². The number of amides is 4. The molecule has 4 amide bonds. The highest BCUT2D eigenvalue weighted by Gasteiger charge is 2.22. The number of aliphatic hydroxyl groups is 1. The number of carbonyl (C=O) groups excluding carboxylic acids is 4. The summed E-state index contributed by atoms with van der Waals surface area (Å²) in [5.41, 5.74) is 7.23. The van der Waals surface area contributed by atoms with E-state index in [1.54, 1.807) is 24.3 Å². The molecule has 0 aliphatic carbocycles. The molecule has 2 aromatic rings. The zero-order valence-corrected chi connectivity index (χ0v) is 17.5. The molecule has 0 aromatic heterocycles. The summed E-state index contributed by atoms with van der Waals surface area (Å²) in [7, 11) is 0. The molecule has 1 unspecified atom stereocenters. The quantitative estimate of drug-likeness (QED) is 0.263. The molecule has 0 fully saturated rings. The van der Waals surface area contributed by atoms with E-state index in [4.69, 9.17) is 10.8 Å². The van der Waals surface area contributed by atoms with Gasteiger partial charge in [-0.2, -0.15) is 0 Å². The first-order valence-corrected chi connectivity index (χ1v) is 9.98. The Kier molecular flexibility index (Phi) is 9.82. The van der Waals surface area contributed by atoms with Gasteiger partial charge in [0, 0.05) is 12.1 Å². The summed E-state index contributed by atoms with van der Waals surface area (Å²) in [6.07, 6.45) is 0.202. The number of hydrogen-bond donors (Lipinski definition) is 6. The van der Waals surface area contributed by atoms with Gasteiger partial charge in [-0.15, -0.1) is 0 Å². The van der Waals surface area contributed by atoms with E-state index in [0.717, 1.165) is 5.56 Å². The van der Waals surface area contributed by atoms with Crippen molar-refractivity contribution in [3.8, 4) is 0 Å². The third-order valence-electron chi connectivity index (χ3n) is 4.41. The molecule has 1 atom stereocenters. The van der Waals surface area contributed by atoms with Gasteiger partial charge < -0.3 is 32.1 Å². The van der Waals surface area contributed by atoms with Crippen LogP contribution in [-0.4, -0.2) is 54.4 Å². The molecule has 2 aromatic carbocycles. The van der Waals surface area contributed by atoms with Gasteiger partial charge in [-0.1, -0.05) is 42.5 Å². The molecular weight excluding hydrogens is 414 g/mol. The minimum atomic E-state index is -0.948. The number of anilines is 1. The number of hydrogen-bond acceptors (Lipinski definition) is 6. The van der Waals surface area contributed by atoms with Gasteiger partial charge in [-0.3, -0.25) is 19.2 Å². The van der Waals surface area contributed by atoms with Gasteiger partial charge >= 0.3 is 0 Å². The van der Waals surface area contributed by atoms with Gasteiger partial charge in [-0.05, 0) is 23.3 Å². The van der Waals surface area contributed by atoms with Crippen LogP contribution < -0.4 is 27.0 Å². The van der Waals surface area contributed by atoms with Crippen molar-refractivity contribution in [2.45, 2.75) is 19.1 Å². The van der Waals surface area contributed by atoms with Crippen molar-refractivity contribution in [1.82, 2.24) is 16.0 Å². The van der Waals surface area contributed by atoms with Crippen LogP contribution in [0.2, 0.25) is 0 Å². The first-order valence-electron chi connectivity index (χ1n) is 9.98. The number of aliphatic hydroxyl groups excluding tert-OH is 1. The summed E-state index contributed by atoms with van der Waals surface area (Å²) < 4.78 is 0. The number of nitrogens with one attached hydrogen (secondary N) is 4. The van der Waals surface area contributed by atoms with Crippen LogP contribution in [0.4, 0.5) is 5.69 Å². The largest absolute Gasteiger partial charge is 0.392 e. The van der Waals surface area contributed by atoms with Gasteiger partial charge in [0.15, 0.2) is 0 Å². The Morgan fingerprint density at radius 2 is 1.47 bits per heavy atom. The fraction of sp³-hybridized carbons (Fsp3) is 0.273. The van der Waals surface area contributed by atoms with Crippen molar-refractivity contribution in [3.05, 3.63) is 65.7 Å². The minimum absolute atomic E-state index is 0.102. The molecule has 0 heterocycles. The first-order chi connectivity index (χ1) is 15.4. The Morgan fingerprint density at radius 1 is 0.812 bits per heavy atom. The van der Waals surface area contributed by atoms with Crippen LogP contribution in [0.25, 0.3) is 0 Å². The van der Waals surface area contributed by atoms with E-state index < -0.39 is 29.7 Å². The molecule has 0 saturated carbocycles. The first kappa shape index (κ1) is 24.5. The molecule has 0 saturated heterocycles. The van der Waals surface area contributed by atoms with Crippen LogP contribution in [-0.2, 0) is 32.2 Å². The predicted octanol–water partition coefficient (Wildman–Crippen LogP) is -0.964. The molecule has 2 rings (SSSR count). The Morgan fingerprint density at radius 3 is 2.09 bits per heavy atom. The second-order valence-electron chi connectivity index (χ2n) is 6.91. The lowest BCUT2D eigenvalue weighted by atomic mass is 10.1. The van der Waals surface area contributed by atoms with Gasteiger partial charge in [0.2, 0.25) is 23.6 Å². The van der Waals surface area contributed by atoms with Crippen LogP contribution in [0.15, 0.2) is 54.6 Å². The lowest BCUT2D eigenvalue weighted by molar-refractivity contribution is -0.130. The van der Waals surface area contributed by atoms with Crippen LogP contribution in [0.5, 0.6) is 0 Å². The van der Waals surface area contributed by atoms with E-state index in [0.29, 0.717) is 11.3 Å². The predicted molar refractivity (Wildman–Crippen MR) is 118 cm³/mol. The van der Waals surface area contributed by atoms with Gasteiger partial charge in [0.25, 0.3) is 0 Å². The van der Waals surface area contributed by atoms with E-state index in [9.17, 15) is 19.2 Å². The Bertz CT molecular complexity index is 918. The van der Waals surface area contributed by atoms with Crippen molar-refractivity contribution in [2.24, 2.45) is 5.73 Å². The average Bonchev–Trinajstić information content (AvgIpc) is 2.81. The normalized spacial score (nSPS) is 11.2. The maximum atomic E-state index is 12.7. The molecule has 7 N–H and O–H groups in total. The lowest BCUT2D eigenvalue weighted by Gasteiger charge is -2.19. The Labute approximate surface area is 185 Å². The smallest absolute Gasteiger partial charge is 0.243 e. The molecule has 10 heteroatoms. The Hall–Kier alpha value is -3.76. The molecule has 170 valence electrons. The minimum Gasteiger partial charge on any atom is -0.392 e. The van der Waals surface area contributed by atoms with Crippen molar-refractivity contribution in [2.75, 3.05) is 25.0 Å². The highest BCUT2D eigenvalue weighted by atomic mass is 16.3. The molecule has 0 bridgehead atoms. The fourth-order valence-electron chi connectivity index (χ4n) is 2.74. The maximum Gasteiger partial charge on any atom is 0.243 e. The molecule has 0 aliphatic rings. The van der Waals surface area contributed by atoms with E-state index in [1.807, 2.05) is 30.3 Å². The highest BCUT2D eigenvalue weighted by molar-refractivity contribution is 5.96. The molecule has 32 heavy (non-hydrogen) atoms. The van der Waals surface area contributed by atoms with E-state index in [1.165, 1.54) is 0 Å². The number of rotatable bonds is 11. The van der Waals surface area contributed by atoms with Crippen LogP contribution in [0, 0.1) is 0 Å². The van der Waals surface area contributed by atoms with Crippen molar-refractivity contribution in [1.29, 1.82) is 0 Å². The second kappa shape index (κ2) is 12.8. The zero-order chi connectivity index (χ0) is 23.3. The Balaban J connectivity index is 1.94. The van der Waals surface area contributed by atoms with E-state index >= 15 is 0 Å². The average molecular weight is 441 g/mol. The summed E-state index contributed by atoms with van der Waals surface area (Å²) in [5.74, 6) is -2.04. The van der Waals surface area contributed by atoms with Crippen LogP contribution in [0.1, 0.15) is 11.1 Å². The summed E-state index contributed by atoms with van der Waals surface area (Å²) in [5, 5.41) is 19.1. The monoisotopic (exact) mass is 441 g/mol. The topological polar surface area (TPSA) is 163 Å². The number of nitrogens with two attached hydrogens (primary N) is 1. The zero-order valence-electron chi connectivity index (χ0n) is 17.5. The lowest BCUT2D eigenvalue weighted by Crippen LogP contribution is -2.51. The summed E-state index contributed by atoms with van der Waals surface area (Å²) in [4.78, 5) is 48.2. The molecule has 0 radical (unpaired) electrons. The number of carbonyl (C=O) groups is 4. The number of benzene rings is 2. The maximum absolute atomic E-state index is 12.7. The molecular formula is C22H27N5O5. The van der Waals surface area contributed by atoms with Crippen LogP contribution in [0.3, 0.4) is 0 Å². The molecule has 0 aliphatic heterocycles. The standard InChI is InChI=1S/C22H27N5O5/c23-11-19(29)24-12-21(31)27-18(10-15-4-2-1-3-5-15)22(32)25-13-20(30)26-17-8-6-16(14-28)7-9-17/h1-9,18,28H,10-14,23H2,(H,24,29)(H,25,32)(H,26,30)(H,27,31). The van der Waals surface area contributed by atoms with Crippen LogP contribution >= 0.6 is 0 Å². The van der Waals surface area contributed by atoms with Crippen molar-refractivity contribution < 1.29 is 24.3 Å². The van der Waals surface area contributed by atoms with E-state index in [-0.39, 0.29) is 32.7 Å².